The Kier molecular flexibility index (Phi) is 7.97. The van der Waals surface area contributed by atoms with Gasteiger partial charge in [0.25, 0.3) is 5.56 Å². The largest absolute Gasteiger partial charge is 0.462 e. The van der Waals surface area contributed by atoms with Gasteiger partial charge >= 0.3 is 13.7 Å². The standard InChI is InChI=1S/C21H27N6O9P/c1-12(2)35-20(29)13(3)26-37(30,36-15-6-4-5-14-17(15)33-11-32-14)34-8-7-31-10-27-9-23-16-18(27)24-21(22)25-19(16)28/h4-6,9,12-13H,7-8,10-11H2,1-3H3,(H,26,30)(H3,22,24,25,28)/t13-,37?/m1/s1. The van der Waals surface area contributed by atoms with E-state index in [4.69, 9.17) is 33.7 Å². The number of nitrogens with one attached hydrogen (secondary N) is 2. The lowest BCUT2D eigenvalue weighted by Crippen LogP contribution is -2.36. The maximum Gasteiger partial charge on any atom is 0.459 e. The minimum Gasteiger partial charge on any atom is -0.462 e. The highest BCUT2D eigenvalue weighted by atomic mass is 31.2. The minimum absolute atomic E-state index is 0.0193. The number of para-hydroxylation sites is 1. The summed E-state index contributed by atoms with van der Waals surface area (Å²) in [7, 11) is -4.14. The maximum atomic E-state index is 13.6. The number of aromatic amines is 1. The number of ether oxygens (including phenoxy) is 4. The van der Waals surface area contributed by atoms with Crippen molar-refractivity contribution < 1.29 is 37.4 Å². The average molecular weight is 538 g/mol. The molecule has 0 aliphatic carbocycles. The van der Waals surface area contributed by atoms with Crippen LogP contribution in [0.15, 0.2) is 29.3 Å². The number of hydrogen-bond donors (Lipinski definition) is 3. The van der Waals surface area contributed by atoms with Crippen molar-refractivity contribution >= 4 is 30.8 Å². The van der Waals surface area contributed by atoms with Crippen molar-refractivity contribution in [1.29, 1.82) is 0 Å². The molecule has 0 spiro atoms. The van der Waals surface area contributed by atoms with Gasteiger partial charge in [-0.25, -0.2) is 9.55 Å². The summed E-state index contributed by atoms with van der Waals surface area (Å²) in [5.41, 5.74) is 5.48. The maximum absolute atomic E-state index is 13.6. The molecule has 4 N–H and O–H groups in total. The van der Waals surface area contributed by atoms with Gasteiger partial charge in [0.2, 0.25) is 18.5 Å². The lowest BCUT2D eigenvalue weighted by atomic mass is 10.3. The van der Waals surface area contributed by atoms with Gasteiger partial charge in [-0.15, -0.1) is 0 Å². The molecule has 0 amide bonds. The molecular formula is C21H27N6O9P. The molecule has 1 aromatic carbocycles. The van der Waals surface area contributed by atoms with Gasteiger partial charge in [-0.1, -0.05) is 6.07 Å². The van der Waals surface area contributed by atoms with Crippen LogP contribution in [0.2, 0.25) is 0 Å². The zero-order chi connectivity index (χ0) is 26.6. The molecule has 3 aromatic rings. The Balaban J connectivity index is 1.41. The van der Waals surface area contributed by atoms with Crippen LogP contribution in [0.25, 0.3) is 11.2 Å². The number of carbonyl (C=O) groups excluding carboxylic acids is 1. The molecule has 1 aliphatic rings. The fourth-order valence-corrected chi connectivity index (χ4v) is 4.74. The van der Waals surface area contributed by atoms with Crippen LogP contribution >= 0.6 is 7.75 Å². The van der Waals surface area contributed by atoms with Crippen molar-refractivity contribution in [3.8, 4) is 17.2 Å². The normalized spacial score (nSPS) is 15.0. The number of rotatable bonds is 12. The Morgan fingerprint density at radius 3 is 2.89 bits per heavy atom. The zero-order valence-electron chi connectivity index (χ0n) is 20.3. The van der Waals surface area contributed by atoms with Gasteiger partial charge in [0.15, 0.2) is 22.7 Å². The molecule has 0 saturated carbocycles. The van der Waals surface area contributed by atoms with Crippen LogP contribution in [0, 0.1) is 0 Å². The number of nitrogens with zero attached hydrogens (tertiary/aromatic N) is 3. The van der Waals surface area contributed by atoms with Crippen LogP contribution in [0.4, 0.5) is 5.95 Å². The van der Waals surface area contributed by atoms with E-state index in [0.29, 0.717) is 5.75 Å². The van der Waals surface area contributed by atoms with E-state index in [-0.39, 0.29) is 61.5 Å². The summed E-state index contributed by atoms with van der Waals surface area (Å²) in [4.78, 5) is 34.6. The Morgan fingerprint density at radius 2 is 2.11 bits per heavy atom. The average Bonchev–Trinajstić information content (AvgIpc) is 3.46. The smallest absolute Gasteiger partial charge is 0.459 e. The van der Waals surface area contributed by atoms with Crippen molar-refractivity contribution in [1.82, 2.24) is 24.6 Å². The van der Waals surface area contributed by atoms with Crippen molar-refractivity contribution in [3.05, 3.63) is 34.9 Å². The zero-order valence-corrected chi connectivity index (χ0v) is 21.2. The summed E-state index contributed by atoms with van der Waals surface area (Å²) >= 11 is 0. The number of benzene rings is 1. The molecule has 1 unspecified atom stereocenters. The molecule has 1 aliphatic heterocycles. The molecule has 0 saturated heterocycles. The highest BCUT2D eigenvalue weighted by molar-refractivity contribution is 7.52. The van der Waals surface area contributed by atoms with Gasteiger partial charge in [0.05, 0.1) is 25.6 Å². The fraction of sp³-hybridized carbons (Fsp3) is 0.429. The molecule has 16 heteroatoms. The number of hydrogen-bond acceptors (Lipinski definition) is 12. The summed E-state index contributed by atoms with van der Waals surface area (Å²) in [5.74, 6) is 0.0923. The number of nitrogens with two attached hydrogens (primary N) is 1. The van der Waals surface area contributed by atoms with E-state index >= 15 is 0 Å². The topological polar surface area (TPSA) is 191 Å². The second kappa shape index (κ2) is 11.2. The first kappa shape index (κ1) is 26.4. The second-order valence-electron chi connectivity index (χ2n) is 8.12. The Morgan fingerprint density at radius 1 is 1.30 bits per heavy atom. The number of nitrogen functional groups attached to an aromatic ring is 1. The molecule has 37 heavy (non-hydrogen) atoms. The van der Waals surface area contributed by atoms with Gasteiger partial charge in [-0.2, -0.15) is 10.1 Å². The summed E-state index contributed by atoms with van der Waals surface area (Å²) in [6, 6.07) is 3.81. The lowest BCUT2D eigenvalue weighted by Gasteiger charge is -2.23. The quantitative estimate of drug-likeness (QED) is 0.171. The number of anilines is 1. The van der Waals surface area contributed by atoms with Crippen molar-refractivity contribution in [2.75, 3.05) is 25.7 Å². The van der Waals surface area contributed by atoms with E-state index in [0.717, 1.165) is 0 Å². The van der Waals surface area contributed by atoms with Gasteiger partial charge in [-0.3, -0.25) is 23.7 Å². The molecule has 0 radical (unpaired) electrons. The first-order valence-corrected chi connectivity index (χ1v) is 12.8. The third-order valence-electron chi connectivity index (χ3n) is 4.85. The van der Waals surface area contributed by atoms with Crippen LogP contribution in [0.3, 0.4) is 0 Å². The lowest BCUT2D eigenvalue weighted by molar-refractivity contribution is -0.149. The number of carbonyl (C=O) groups is 1. The Labute approximate surface area is 210 Å². The summed E-state index contributed by atoms with van der Waals surface area (Å²) in [6.07, 6.45) is 1.01. The predicted molar refractivity (Wildman–Crippen MR) is 129 cm³/mol. The monoisotopic (exact) mass is 538 g/mol. The summed E-state index contributed by atoms with van der Waals surface area (Å²) in [6.45, 7) is 4.58. The minimum atomic E-state index is -4.14. The first-order valence-electron chi connectivity index (χ1n) is 11.2. The van der Waals surface area contributed by atoms with E-state index in [9.17, 15) is 14.2 Å². The third-order valence-corrected chi connectivity index (χ3v) is 6.51. The molecule has 0 bridgehead atoms. The number of H-pyrrole nitrogens is 1. The van der Waals surface area contributed by atoms with E-state index in [1.807, 2.05) is 0 Å². The number of esters is 1. The number of fused-ring (bicyclic) bond motifs is 2. The van der Waals surface area contributed by atoms with Gasteiger partial charge in [-0.05, 0) is 32.9 Å². The van der Waals surface area contributed by atoms with Crippen molar-refractivity contribution in [2.24, 2.45) is 0 Å². The molecule has 2 aromatic heterocycles. The molecular weight excluding hydrogens is 511 g/mol. The van der Waals surface area contributed by atoms with Gasteiger partial charge in [0.1, 0.15) is 12.8 Å². The Bertz CT molecular complexity index is 1370. The van der Waals surface area contributed by atoms with Gasteiger partial charge in [0, 0.05) is 0 Å². The van der Waals surface area contributed by atoms with Crippen LogP contribution in [0.1, 0.15) is 20.8 Å². The van der Waals surface area contributed by atoms with E-state index in [1.54, 1.807) is 26.0 Å². The summed E-state index contributed by atoms with van der Waals surface area (Å²) < 4.78 is 47.8. The van der Waals surface area contributed by atoms with Crippen molar-refractivity contribution in [2.45, 2.75) is 39.6 Å². The van der Waals surface area contributed by atoms with Crippen LogP contribution in [-0.4, -0.2) is 57.6 Å². The van der Waals surface area contributed by atoms with Crippen LogP contribution < -0.4 is 30.4 Å². The summed E-state index contributed by atoms with van der Waals surface area (Å²) in [5, 5.41) is 2.59. The molecule has 4 rings (SSSR count). The molecule has 3 heterocycles. The number of imidazole rings is 1. The Hall–Kier alpha value is -3.65. The van der Waals surface area contributed by atoms with E-state index in [1.165, 1.54) is 23.9 Å². The number of aromatic nitrogens is 4. The highest BCUT2D eigenvalue weighted by Crippen LogP contribution is 2.50. The highest BCUT2D eigenvalue weighted by Gasteiger charge is 2.34. The second-order valence-corrected chi connectivity index (χ2v) is 9.82. The molecule has 2 atom stereocenters. The van der Waals surface area contributed by atoms with E-state index < -0.39 is 25.3 Å². The first-order chi connectivity index (χ1) is 17.6. The third kappa shape index (κ3) is 6.38. The van der Waals surface area contributed by atoms with Gasteiger partial charge < -0.3 is 29.2 Å². The molecule has 200 valence electrons. The van der Waals surface area contributed by atoms with Crippen LogP contribution in [-0.2, 0) is 30.1 Å². The fourth-order valence-electron chi connectivity index (χ4n) is 3.26. The predicted octanol–water partition coefficient (Wildman–Crippen LogP) is 1.54. The van der Waals surface area contributed by atoms with Crippen LogP contribution in [0.5, 0.6) is 17.2 Å². The molecule has 15 nitrogen and oxygen atoms in total. The SMILES string of the molecule is CC(C)OC(=O)[C@@H](C)NP(=O)(OCCOCn1cnc2c(=O)[nH]c(N)nc21)Oc1cccc2c1OCO2. The molecule has 0 fully saturated rings. The van der Waals surface area contributed by atoms with Crippen molar-refractivity contribution in [3.63, 3.8) is 0 Å². The van der Waals surface area contributed by atoms with E-state index in [2.05, 4.69) is 20.0 Å².